The molecular formula is C16H18F3N3O2S. The highest BCUT2D eigenvalue weighted by atomic mass is 32.2. The summed E-state index contributed by atoms with van der Waals surface area (Å²) in [5.41, 5.74) is -0.553. The first-order chi connectivity index (χ1) is 11.9. The number of halogens is 3. The average Bonchev–Trinajstić information content (AvgIpc) is 3.14. The second-order valence-corrected chi connectivity index (χ2v) is 6.99. The van der Waals surface area contributed by atoms with Crippen LogP contribution in [0.4, 0.5) is 13.2 Å². The van der Waals surface area contributed by atoms with Crippen molar-refractivity contribution in [1.29, 1.82) is 0 Å². The zero-order chi connectivity index (χ0) is 18.0. The largest absolute Gasteiger partial charge is 0.416 e. The second-order valence-electron chi connectivity index (χ2n) is 5.96. The van der Waals surface area contributed by atoms with Gasteiger partial charge in [-0.05, 0) is 24.3 Å². The van der Waals surface area contributed by atoms with E-state index in [2.05, 4.69) is 5.32 Å². The molecule has 3 rings (SSSR count). The van der Waals surface area contributed by atoms with Crippen LogP contribution in [0.1, 0.15) is 15.9 Å². The van der Waals surface area contributed by atoms with Gasteiger partial charge < -0.3 is 9.80 Å². The number of amides is 2. The molecular weight excluding hydrogens is 355 g/mol. The van der Waals surface area contributed by atoms with Crippen molar-refractivity contribution in [3.05, 3.63) is 35.4 Å². The minimum atomic E-state index is -4.42. The Morgan fingerprint density at radius 1 is 1.04 bits per heavy atom. The highest BCUT2D eigenvalue weighted by Gasteiger charge is 2.32. The highest BCUT2D eigenvalue weighted by Crippen LogP contribution is 2.29. The van der Waals surface area contributed by atoms with E-state index in [0.29, 0.717) is 26.2 Å². The van der Waals surface area contributed by atoms with Crippen LogP contribution in [0.3, 0.4) is 0 Å². The number of hydrogen-bond donors (Lipinski definition) is 1. The number of nitrogens with one attached hydrogen (secondary N) is 1. The van der Waals surface area contributed by atoms with E-state index in [-0.39, 0.29) is 23.4 Å². The van der Waals surface area contributed by atoms with Crippen LogP contribution in [0.25, 0.3) is 0 Å². The maximum absolute atomic E-state index is 12.6. The molecule has 1 unspecified atom stereocenters. The Kier molecular flexibility index (Phi) is 5.24. The Balaban J connectivity index is 1.57. The van der Waals surface area contributed by atoms with E-state index in [0.717, 1.165) is 23.8 Å². The van der Waals surface area contributed by atoms with Gasteiger partial charge in [-0.3, -0.25) is 14.9 Å². The van der Waals surface area contributed by atoms with Crippen LogP contribution in [0.5, 0.6) is 0 Å². The molecule has 1 aromatic rings. The first kappa shape index (κ1) is 18.1. The maximum Gasteiger partial charge on any atom is 0.416 e. The third kappa shape index (κ3) is 4.09. The molecule has 2 saturated heterocycles. The van der Waals surface area contributed by atoms with Crippen molar-refractivity contribution in [3.63, 3.8) is 0 Å². The van der Waals surface area contributed by atoms with E-state index >= 15 is 0 Å². The molecule has 5 nitrogen and oxygen atoms in total. The summed E-state index contributed by atoms with van der Waals surface area (Å²) in [6.07, 6.45) is -4.42. The number of thioether (sulfide) groups is 1. The van der Waals surface area contributed by atoms with Gasteiger partial charge in [0.05, 0.1) is 11.6 Å². The molecule has 9 heteroatoms. The molecule has 1 aromatic carbocycles. The fraction of sp³-hybridized carbons (Fsp3) is 0.500. The lowest BCUT2D eigenvalue weighted by Crippen LogP contribution is -2.54. The zero-order valence-corrected chi connectivity index (χ0v) is 14.2. The summed E-state index contributed by atoms with van der Waals surface area (Å²) < 4.78 is 37.7. The number of hydrogen-bond acceptors (Lipinski definition) is 4. The van der Waals surface area contributed by atoms with Crippen LogP contribution < -0.4 is 5.32 Å². The Labute approximate surface area is 147 Å². The van der Waals surface area contributed by atoms with E-state index < -0.39 is 11.7 Å². The number of alkyl halides is 3. The van der Waals surface area contributed by atoms with Crippen molar-refractivity contribution < 1.29 is 22.8 Å². The Bertz CT molecular complexity index is 637. The summed E-state index contributed by atoms with van der Waals surface area (Å²) in [6, 6.07) is 4.06. The summed E-state index contributed by atoms with van der Waals surface area (Å²) in [6.45, 7) is 1.64. The number of carbonyl (C=O) groups is 2. The van der Waals surface area contributed by atoms with Gasteiger partial charge in [-0.15, -0.1) is 11.8 Å². The molecule has 2 heterocycles. The van der Waals surface area contributed by atoms with Crippen LogP contribution in [-0.4, -0.2) is 65.5 Å². The molecule has 1 atom stereocenters. The zero-order valence-electron chi connectivity index (χ0n) is 13.4. The molecule has 25 heavy (non-hydrogen) atoms. The molecule has 1 N–H and O–H groups in total. The summed E-state index contributed by atoms with van der Waals surface area (Å²) in [5, 5.41) is 3.13. The first-order valence-corrected chi connectivity index (χ1v) is 9.08. The monoisotopic (exact) mass is 373 g/mol. The van der Waals surface area contributed by atoms with Crippen LogP contribution >= 0.6 is 11.8 Å². The number of rotatable bonds is 2. The topological polar surface area (TPSA) is 52.7 Å². The quantitative estimate of drug-likeness (QED) is 0.857. The second kappa shape index (κ2) is 7.25. The number of nitrogens with zero attached hydrogens (tertiary/aromatic N) is 2. The lowest BCUT2D eigenvalue weighted by atomic mass is 10.1. The lowest BCUT2D eigenvalue weighted by molar-refractivity contribution is -0.137. The summed E-state index contributed by atoms with van der Waals surface area (Å²) in [4.78, 5) is 28.0. The van der Waals surface area contributed by atoms with Gasteiger partial charge >= 0.3 is 6.18 Å². The van der Waals surface area contributed by atoms with E-state index in [9.17, 15) is 22.8 Å². The van der Waals surface area contributed by atoms with Gasteiger partial charge in [0.15, 0.2) is 0 Å². The van der Waals surface area contributed by atoms with Gasteiger partial charge in [-0.25, -0.2) is 0 Å². The highest BCUT2D eigenvalue weighted by molar-refractivity contribution is 7.99. The van der Waals surface area contributed by atoms with E-state index in [1.165, 1.54) is 12.1 Å². The van der Waals surface area contributed by atoms with Crippen molar-refractivity contribution in [1.82, 2.24) is 15.1 Å². The molecule has 2 amide bonds. The van der Waals surface area contributed by atoms with Crippen molar-refractivity contribution in [2.75, 3.05) is 37.8 Å². The third-order valence-corrected chi connectivity index (χ3v) is 5.29. The molecule has 0 radical (unpaired) electrons. The van der Waals surface area contributed by atoms with Crippen LogP contribution in [0.2, 0.25) is 0 Å². The Morgan fingerprint density at radius 2 is 1.64 bits per heavy atom. The maximum atomic E-state index is 12.6. The van der Waals surface area contributed by atoms with E-state index in [1.54, 1.807) is 21.6 Å². The molecule has 2 fully saturated rings. The third-order valence-electron chi connectivity index (χ3n) is 4.35. The van der Waals surface area contributed by atoms with E-state index in [1.807, 2.05) is 0 Å². The molecule has 0 saturated carbocycles. The van der Waals surface area contributed by atoms with Gasteiger partial charge in [0, 0.05) is 43.4 Å². The number of benzene rings is 1. The first-order valence-electron chi connectivity index (χ1n) is 7.93. The predicted molar refractivity (Wildman–Crippen MR) is 88.2 cm³/mol. The summed E-state index contributed by atoms with van der Waals surface area (Å²) in [7, 11) is 0. The number of piperazine rings is 1. The minimum absolute atomic E-state index is 0.0478. The fourth-order valence-electron chi connectivity index (χ4n) is 2.89. The smallest absolute Gasteiger partial charge is 0.338 e. The lowest BCUT2D eigenvalue weighted by Gasteiger charge is -2.36. The molecule has 136 valence electrons. The van der Waals surface area contributed by atoms with Crippen molar-refractivity contribution in [2.24, 2.45) is 0 Å². The SMILES string of the molecule is O=C(c1ccc(C(F)(F)F)cc1)N1CCN(C(=O)C2CSCN2)CC1. The Morgan fingerprint density at radius 3 is 2.16 bits per heavy atom. The average molecular weight is 373 g/mol. The van der Waals surface area contributed by atoms with Gasteiger partial charge in [0.1, 0.15) is 0 Å². The minimum Gasteiger partial charge on any atom is -0.338 e. The van der Waals surface area contributed by atoms with Gasteiger partial charge in [-0.1, -0.05) is 0 Å². The van der Waals surface area contributed by atoms with Crippen LogP contribution in [-0.2, 0) is 11.0 Å². The molecule has 0 aromatic heterocycles. The molecule has 2 aliphatic rings. The van der Waals surface area contributed by atoms with Crippen LogP contribution in [0.15, 0.2) is 24.3 Å². The molecule has 0 bridgehead atoms. The molecule has 0 spiro atoms. The van der Waals surface area contributed by atoms with Crippen LogP contribution in [0, 0.1) is 0 Å². The standard InChI is InChI=1S/C16H18F3N3O2S/c17-16(18,19)12-3-1-11(2-4-12)14(23)21-5-7-22(8-6-21)15(24)13-9-25-10-20-13/h1-4,13,20H,5-10H2. The fourth-order valence-corrected chi connectivity index (χ4v) is 3.82. The predicted octanol–water partition coefficient (Wildman–Crippen LogP) is 1.65. The summed E-state index contributed by atoms with van der Waals surface area (Å²) >= 11 is 1.68. The Hall–Kier alpha value is -1.74. The number of carbonyl (C=O) groups excluding carboxylic acids is 2. The van der Waals surface area contributed by atoms with Gasteiger partial charge in [-0.2, -0.15) is 13.2 Å². The molecule has 2 aliphatic heterocycles. The van der Waals surface area contributed by atoms with Crippen molar-refractivity contribution >= 4 is 23.6 Å². The van der Waals surface area contributed by atoms with E-state index in [4.69, 9.17) is 0 Å². The summed E-state index contributed by atoms with van der Waals surface area (Å²) in [5.74, 6) is 1.26. The van der Waals surface area contributed by atoms with Crippen molar-refractivity contribution in [2.45, 2.75) is 12.2 Å². The molecule has 0 aliphatic carbocycles. The van der Waals surface area contributed by atoms with Gasteiger partial charge in [0.2, 0.25) is 5.91 Å². The van der Waals surface area contributed by atoms with Gasteiger partial charge in [0.25, 0.3) is 5.91 Å². The normalized spacial score (nSPS) is 21.5. The van der Waals surface area contributed by atoms with Crippen molar-refractivity contribution in [3.8, 4) is 0 Å².